The lowest BCUT2D eigenvalue weighted by atomic mass is 10.1. The molecular formula is C15H23NO4S. The first-order chi connectivity index (χ1) is 10.0. The van der Waals surface area contributed by atoms with Crippen LogP contribution < -0.4 is 5.32 Å². The maximum Gasteiger partial charge on any atom is 0.341 e. The molecular weight excluding hydrogens is 290 g/mol. The average molecular weight is 313 g/mol. The number of ether oxygens (including phenoxy) is 2. The van der Waals surface area contributed by atoms with E-state index in [-0.39, 0.29) is 11.8 Å². The number of amides is 1. The minimum Gasteiger partial charge on any atom is -0.462 e. The van der Waals surface area contributed by atoms with E-state index in [9.17, 15) is 9.59 Å². The summed E-state index contributed by atoms with van der Waals surface area (Å²) in [6.07, 6.45) is 1.17. The maximum absolute atomic E-state index is 12.0. The largest absolute Gasteiger partial charge is 0.462 e. The molecule has 0 aliphatic carbocycles. The molecule has 0 radical (unpaired) electrons. The van der Waals surface area contributed by atoms with Crippen molar-refractivity contribution in [2.45, 2.75) is 33.6 Å². The van der Waals surface area contributed by atoms with Gasteiger partial charge in [0.1, 0.15) is 5.00 Å². The van der Waals surface area contributed by atoms with Crippen molar-refractivity contribution < 1.29 is 19.1 Å². The highest BCUT2D eigenvalue weighted by molar-refractivity contribution is 7.16. The standard InChI is InChI=1S/C15H23NO4S/c1-5-11-8-12(15(18)20-6-2)14(21-11)16-13(17)7-10(3)9-19-4/h8,10H,5-7,9H2,1-4H3,(H,16,17). The van der Waals surface area contributed by atoms with Crippen molar-refractivity contribution in [2.24, 2.45) is 5.92 Å². The molecule has 1 aromatic heterocycles. The molecule has 0 aliphatic rings. The highest BCUT2D eigenvalue weighted by atomic mass is 32.1. The van der Waals surface area contributed by atoms with E-state index in [1.807, 2.05) is 13.8 Å². The van der Waals surface area contributed by atoms with Crippen LogP contribution in [0.25, 0.3) is 0 Å². The van der Waals surface area contributed by atoms with Crippen LogP contribution in [0.2, 0.25) is 0 Å². The molecule has 0 aliphatic heterocycles. The fourth-order valence-corrected chi connectivity index (χ4v) is 2.91. The number of hydrogen-bond donors (Lipinski definition) is 1. The van der Waals surface area contributed by atoms with Crippen LogP contribution in [0.3, 0.4) is 0 Å². The molecule has 0 aromatic carbocycles. The first-order valence-corrected chi connectivity index (χ1v) is 7.92. The molecule has 1 aromatic rings. The molecule has 6 heteroatoms. The van der Waals surface area contributed by atoms with E-state index in [1.165, 1.54) is 11.3 Å². The van der Waals surface area contributed by atoms with Crippen LogP contribution in [0.5, 0.6) is 0 Å². The SMILES string of the molecule is CCOC(=O)c1cc(CC)sc1NC(=O)CC(C)COC. The lowest BCUT2D eigenvalue weighted by Crippen LogP contribution is -2.18. The topological polar surface area (TPSA) is 64.6 Å². The Bertz CT molecular complexity index is 484. The summed E-state index contributed by atoms with van der Waals surface area (Å²) in [4.78, 5) is 25.0. The van der Waals surface area contributed by atoms with Crippen molar-refractivity contribution in [1.82, 2.24) is 0 Å². The van der Waals surface area contributed by atoms with Crippen LogP contribution in [0, 0.1) is 5.92 Å². The van der Waals surface area contributed by atoms with Crippen molar-refractivity contribution in [1.29, 1.82) is 0 Å². The maximum atomic E-state index is 12.0. The van der Waals surface area contributed by atoms with Crippen molar-refractivity contribution in [2.75, 3.05) is 25.6 Å². The van der Waals surface area contributed by atoms with Gasteiger partial charge in [0, 0.05) is 25.0 Å². The molecule has 1 unspecified atom stereocenters. The predicted molar refractivity (Wildman–Crippen MR) is 83.9 cm³/mol. The number of anilines is 1. The third-order valence-electron chi connectivity index (χ3n) is 2.86. The van der Waals surface area contributed by atoms with Crippen LogP contribution in [0.1, 0.15) is 42.4 Å². The molecule has 0 saturated carbocycles. The molecule has 1 atom stereocenters. The van der Waals surface area contributed by atoms with Crippen molar-refractivity contribution >= 4 is 28.2 Å². The summed E-state index contributed by atoms with van der Waals surface area (Å²) in [6.45, 7) is 6.56. The van der Waals surface area contributed by atoms with Gasteiger partial charge < -0.3 is 14.8 Å². The Morgan fingerprint density at radius 3 is 2.67 bits per heavy atom. The van der Waals surface area contributed by atoms with Gasteiger partial charge in [-0.2, -0.15) is 0 Å². The van der Waals surface area contributed by atoms with Gasteiger partial charge in [-0.15, -0.1) is 11.3 Å². The number of rotatable bonds is 8. The first kappa shape index (κ1) is 17.7. The lowest BCUT2D eigenvalue weighted by Gasteiger charge is -2.10. The molecule has 0 bridgehead atoms. The van der Waals surface area contributed by atoms with Gasteiger partial charge in [-0.1, -0.05) is 13.8 Å². The summed E-state index contributed by atoms with van der Waals surface area (Å²) in [6, 6.07) is 1.79. The Labute approximate surface area is 129 Å². The van der Waals surface area contributed by atoms with Gasteiger partial charge in [0.2, 0.25) is 5.91 Å². The highest BCUT2D eigenvalue weighted by Crippen LogP contribution is 2.29. The number of thiophene rings is 1. The number of aryl methyl sites for hydroxylation is 1. The van der Waals surface area contributed by atoms with E-state index in [2.05, 4.69) is 5.32 Å². The summed E-state index contributed by atoms with van der Waals surface area (Å²) in [5, 5.41) is 3.39. The Morgan fingerprint density at radius 1 is 1.38 bits per heavy atom. The average Bonchev–Trinajstić information content (AvgIpc) is 2.82. The lowest BCUT2D eigenvalue weighted by molar-refractivity contribution is -0.117. The number of esters is 1. The van der Waals surface area contributed by atoms with E-state index >= 15 is 0 Å². The van der Waals surface area contributed by atoms with E-state index in [1.54, 1.807) is 20.1 Å². The molecule has 0 spiro atoms. The van der Waals surface area contributed by atoms with Crippen LogP contribution in [-0.4, -0.2) is 32.2 Å². The number of carbonyl (C=O) groups excluding carboxylic acids is 2. The third-order valence-corrected chi connectivity index (χ3v) is 4.06. The zero-order valence-electron chi connectivity index (χ0n) is 13.0. The predicted octanol–water partition coefficient (Wildman–Crippen LogP) is 3.10. The highest BCUT2D eigenvalue weighted by Gasteiger charge is 2.19. The Kier molecular flexibility index (Phi) is 7.39. The number of hydrogen-bond acceptors (Lipinski definition) is 5. The second-order valence-corrected chi connectivity index (χ2v) is 5.98. The quantitative estimate of drug-likeness (QED) is 0.749. The van der Waals surface area contributed by atoms with Gasteiger partial charge in [0.05, 0.1) is 12.2 Å². The smallest absolute Gasteiger partial charge is 0.341 e. The normalized spacial score (nSPS) is 12.0. The summed E-state index contributed by atoms with van der Waals surface area (Å²) in [5.41, 5.74) is 0.437. The molecule has 1 heterocycles. The summed E-state index contributed by atoms with van der Waals surface area (Å²) >= 11 is 1.42. The van der Waals surface area contributed by atoms with Crippen molar-refractivity contribution in [3.8, 4) is 0 Å². The Balaban J connectivity index is 2.79. The molecule has 0 saturated heterocycles. The second kappa shape index (κ2) is 8.79. The van der Waals surface area contributed by atoms with E-state index in [0.29, 0.717) is 30.2 Å². The Hall–Kier alpha value is -1.40. The van der Waals surface area contributed by atoms with Crippen LogP contribution in [-0.2, 0) is 20.7 Å². The summed E-state index contributed by atoms with van der Waals surface area (Å²) in [7, 11) is 1.61. The van der Waals surface area contributed by atoms with Crippen LogP contribution >= 0.6 is 11.3 Å². The fraction of sp³-hybridized carbons (Fsp3) is 0.600. The second-order valence-electron chi connectivity index (χ2n) is 4.84. The van der Waals surface area contributed by atoms with Crippen LogP contribution in [0.15, 0.2) is 6.07 Å². The molecule has 1 N–H and O–H groups in total. The molecule has 1 amide bonds. The molecule has 21 heavy (non-hydrogen) atoms. The van der Waals surface area contributed by atoms with Crippen molar-refractivity contribution in [3.63, 3.8) is 0 Å². The van der Waals surface area contributed by atoms with Crippen LogP contribution in [0.4, 0.5) is 5.00 Å². The third kappa shape index (κ3) is 5.47. The van der Waals surface area contributed by atoms with Gasteiger partial charge in [0.15, 0.2) is 0 Å². The van der Waals surface area contributed by atoms with E-state index in [4.69, 9.17) is 9.47 Å². The summed E-state index contributed by atoms with van der Waals surface area (Å²) < 4.78 is 10.0. The van der Waals surface area contributed by atoms with E-state index < -0.39 is 5.97 Å². The molecule has 0 fully saturated rings. The minimum atomic E-state index is -0.395. The zero-order valence-corrected chi connectivity index (χ0v) is 13.8. The Morgan fingerprint density at radius 2 is 2.10 bits per heavy atom. The van der Waals surface area contributed by atoms with Gasteiger partial charge >= 0.3 is 5.97 Å². The number of carbonyl (C=O) groups is 2. The van der Waals surface area contributed by atoms with Gasteiger partial charge in [-0.05, 0) is 25.3 Å². The molecule has 118 valence electrons. The zero-order chi connectivity index (χ0) is 15.8. The van der Waals surface area contributed by atoms with E-state index in [0.717, 1.165) is 11.3 Å². The first-order valence-electron chi connectivity index (χ1n) is 7.10. The summed E-state index contributed by atoms with van der Waals surface area (Å²) in [5.74, 6) is -0.380. The molecule has 1 rings (SSSR count). The van der Waals surface area contributed by atoms with Gasteiger partial charge in [-0.3, -0.25) is 4.79 Å². The number of methoxy groups -OCH3 is 1. The van der Waals surface area contributed by atoms with Crippen molar-refractivity contribution in [3.05, 3.63) is 16.5 Å². The van der Waals surface area contributed by atoms with Gasteiger partial charge in [0.25, 0.3) is 0 Å². The minimum absolute atomic E-state index is 0.116. The monoisotopic (exact) mass is 313 g/mol. The molecule has 5 nitrogen and oxygen atoms in total. The fourth-order valence-electron chi connectivity index (χ4n) is 1.91. The van der Waals surface area contributed by atoms with Gasteiger partial charge in [-0.25, -0.2) is 4.79 Å². The number of nitrogens with one attached hydrogen (secondary N) is 1.